The molecular formula is C14H16N6O2. The molecule has 0 unspecified atom stereocenters. The Morgan fingerprint density at radius 2 is 2.23 bits per heavy atom. The van der Waals surface area contributed by atoms with Crippen LogP contribution >= 0.6 is 0 Å². The molecular weight excluding hydrogens is 284 g/mol. The second-order valence-electron chi connectivity index (χ2n) is 5.07. The smallest absolute Gasteiger partial charge is 0.256 e. The number of carbonyl (C=O) groups is 1. The van der Waals surface area contributed by atoms with Crippen molar-refractivity contribution in [3.8, 4) is 0 Å². The molecule has 114 valence electrons. The Morgan fingerprint density at radius 1 is 1.41 bits per heavy atom. The van der Waals surface area contributed by atoms with Crippen LogP contribution in [-0.2, 0) is 13.5 Å². The van der Waals surface area contributed by atoms with E-state index in [1.165, 1.54) is 12.3 Å². The summed E-state index contributed by atoms with van der Waals surface area (Å²) in [5.41, 5.74) is 1.72. The predicted molar refractivity (Wildman–Crippen MR) is 79.8 cm³/mol. The summed E-state index contributed by atoms with van der Waals surface area (Å²) in [7, 11) is 1.86. The molecule has 3 heterocycles. The predicted octanol–water partition coefficient (Wildman–Crippen LogP) is 0.0370. The van der Waals surface area contributed by atoms with Crippen molar-refractivity contribution in [2.75, 3.05) is 6.54 Å². The maximum absolute atomic E-state index is 12.2. The summed E-state index contributed by atoms with van der Waals surface area (Å²) in [6, 6.07) is 1.43. The van der Waals surface area contributed by atoms with E-state index in [9.17, 15) is 9.59 Å². The first-order valence-electron chi connectivity index (χ1n) is 6.88. The summed E-state index contributed by atoms with van der Waals surface area (Å²) in [4.78, 5) is 30.5. The van der Waals surface area contributed by atoms with Gasteiger partial charge < -0.3 is 14.9 Å². The molecule has 0 bridgehead atoms. The first-order chi connectivity index (χ1) is 10.5. The van der Waals surface area contributed by atoms with Gasteiger partial charge in [0, 0.05) is 44.2 Å². The number of hydrogen-bond donors (Lipinski definition) is 2. The molecule has 0 aliphatic rings. The average Bonchev–Trinajstić information content (AvgIpc) is 3.01. The highest BCUT2D eigenvalue weighted by Gasteiger charge is 2.14. The molecule has 0 spiro atoms. The largest absolute Gasteiger partial charge is 0.351 e. The molecule has 0 saturated heterocycles. The van der Waals surface area contributed by atoms with Crippen LogP contribution in [-0.4, -0.2) is 36.6 Å². The summed E-state index contributed by atoms with van der Waals surface area (Å²) < 4.78 is 3.48. The zero-order valence-electron chi connectivity index (χ0n) is 12.3. The molecule has 0 saturated carbocycles. The normalized spacial score (nSPS) is 11.0. The number of carbonyl (C=O) groups excluding carboxylic acids is 1. The number of aromatic amines is 1. The number of nitrogens with zero attached hydrogens (tertiary/aromatic N) is 4. The molecule has 0 aliphatic carbocycles. The third-order valence-electron chi connectivity index (χ3n) is 3.35. The summed E-state index contributed by atoms with van der Waals surface area (Å²) in [5, 5.41) is 6.94. The zero-order chi connectivity index (χ0) is 15.7. The number of imidazole rings is 1. The molecule has 1 amide bonds. The highest BCUT2D eigenvalue weighted by atomic mass is 16.1. The zero-order valence-corrected chi connectivity index (χ0v) is 12.3. The second kappa shape index (κ2) is 5.47. The minimum Gasteiger partial charge on any atom is -0.351 e. The van der Waals surface area contributed by atoms with Gasteiger partial charge in [0.1, 0.15) is 17.0 Å². The fraction of sp³-hybridized carbons (Fsp3) is 0.286. The van der Waals surface area contributed by atoms with Crippen LogP contribution < -0.4 is 10.9 Å². The van der Waals surface area contributed by atoms with Gasteiger partial charge in [0.2, 0.25) is 0 Å². The Kier molecular flexibility index (Phi) is 3.50. The molecule has 0 aromatic carbocycles. The van der Waals surface area contributed by atoms with Crippen molar-refractivity contribution >= 4 is 11.6 Å². The maximum Gasteiger partial charge on any atom is 0.256 e. The standard InChI is InChI=1S/C14H16N6O2/c1-9-7-12(21)18-11(17-9)3-4-15-13(22)10-8-16-20-6-5-19(2)14(10)20/h5-8H,3-4H2,1-2H3,(H,15,22)(H,17,18,21). The van der Waals surface area contributed by atoms with Gasteiger partial charge >= 0.3 is 0 Å². The lowest BCUT2D eigenvalue weighted by Crippen LogP contribution is -2.27. The van der Waals surface area contributed by atoms with Crippen molar-refractivity contribution in [1.29, 1.82) is 0 Å². The number of amides is 1. The molecule has 0 fully saturated rings. The van der Waals surface area contributed by atoms with Gasteiger partial charge in [-0.2, -0.15) is 5.10 Å². The van der Waals surface area contributed by atoms with E-state index in [1.54, 1.807) is 17.6 Å². The van der Waals surface area contributed by atoms with Gasteiger partial charge in [0.15, 0.2) is 0 Å². The average molecular weight is 300 g/mol. The van der Waals surface area contributed by atoms with Crippen LogP contribution in [0.5, 0.6) is 0 Å². The number of aryl methyl sites for hydroxylation is 2. The molecule has 22 heavy (non-hydrogen) atoms. The Hall–Kier alpha value is -2.90. The van der Waals surface area contributed by atoms with Crippen LogP contribution in [0.1, 0.15) is 21.9 Å². The quantitative estimate of drug-likeness (QED) is 0.710. The third kappa shape index (κ3) is 2.62. The van der Waals surface area contributed by atoms with Gasteiger partial charge in [0.05, 0.1) is 6.20 Å². The highest BCUT2D eigenvalue weighted by molar-refractivity contribution is 5.99. The summed E-state index contributed by atoms with van der Waals surface area (Å²) in [5.74, 6) is 0.358. The van der Waals surface area contributed by atoms with Crippen molar-refractivity contribution in [2.45, 2.75) is 13.3 Å². The minimum absolute atomic E-state index is 0.184. The first kappa shape index (κ1) is 14.1. The van der Waals surface area contributed by atoms with Gasteiger partial charge in [-0.3, -0.25) is 9.59 Å². The van der Waals surface area contributed by atoms with E-state index in [4.69, 9.17) is 0 Å². The van der Waals surface area contributed by atoms with E-state index in [0.29, 0.717) is 30.0 Å². The molecule has 0 radical (unpaired) electrons. The lowest BCUT2D eigenvalue weighted by atomic mass is 10.3. The van der Waals surface area contributed by atoms with E-state index in [2.05, 4.69) is 20.4 Å². The van der Waals surface area contributed by atoms with Crippen molar-refractivity contribution in [3.05, 3.63) is 52.1 Å². The Bertz CT molecular complexity index is 888. The molecule has 0 aliphatic heterocycles. The minimum atomic E-state index is -0.202. The maximum atomic E-state index is 12.2. The molecule has 3 aromatic heterocycles. The Balaban J connectivity index is 1.67. The molecule has 8 heteroatoms. The fourth-order valence-corrected chi connectivity index (χ4v) is 2.36. The van der Waals surface area contributed by atoms with Crippen molar-refractivity contribution < 1.29 is 4.79 Å². The monoisotopic (exact) mass is 300 g/mol. The topological polar surface area (TPSA) is 97.1 Å². The highest BCUT2D eigenvalue weighted by Crippen LogP contribution is 2.10. The number of fused-ring (bicyclic) bond motifs is 1. The molecule has 2 N–H and O–H groups in total. The molecule has 8 nitrogen and oxygen atoms in total. The van der Waals surface area contributed by atoms with Gasteiger partial charge in [-0.05, 0) is 6.92 Å². The number of aromatic nitrogens is 5. The molecule has 3 rings (SSSR count). The number of nitrogens with one attached hydrogen (secondary N) is 2. The first-order valence-corrected chi connectivity index (χ1v) is 6.88. The van der Waals surface area contributed by atoms with Crippen LogP contribution in [0.2, 0.25) is 0 Å². The second-order valence-corrected chi connectivity index (χ2v) is 5.07. The number of H-pyrrole nitrogens is 1. The van der Waals surface area contributed by atoms with E-state index in [-0.39, 0.29) is 11.5 Å². The summed E-state index contributed by atoms with van der Waals surface area (Å²) >= 11 is 0. The lowest BCUT2D eigenvalue weighted by molar-refractivity contribution is 0.0955. The molecule has 0 atom stereocenters. The Labute approximate surface area is 125 Å². The van der Waals surface area contributed by atoms with E-state index >= 15 is 0 Å². The van der Waals surface area contributed by atoms with Crippen LogP contribution in [0.15, 0.2) is 29.5 Å². The van der Waals surface area contributed by atoms with Crippen molar-refractivity contribution in [3.63, 3.8) is 0 Å². The van der Waals surface area contributed by atoms with Gasteiger partial charge in [-0.1, -0.05) is 0 Å². The summed E-state index contributed by atoms with van der Waals surface area (Å²) in [6.45, 7) is 2.14. The summed E-state index contributed by atoms with van der Waals surface area (Å²) in [6.07, 6.45) is 5.62. The van der Waals surface area contributed by atoms with Gasteiger partial charge in [-0.15, -0.1) is 0 Å². The van der Waals surface area contributed by atoms with Crippen LogP contribution in [0.4, 0.5) is 0 Å². The van der Waals surface area contributed by atoms with Crippen molar-refractivity contribution in [2.24, 2.45) is 7.05 Å². The lowest BCUT2D eigenvalue weighted by Gasteiger charge is -2.04. The van der Waals surface area contributed by atoms with Crippen LogP contribution in [0, 0.1) is 6.92 Å². The SMILES string of the molecule is Cc1cc(=O)[nH]c(CCNC(=O)c2cnn3ccn(C)c23)n1. The van der Waals surface area contributed by atoms with Crippen LogP contribution in [0.25, 0.3) is 5.65 Å². The van der Waals surface area contributed by atoms with Gasteiger partial charge in [-0.25, -0.2) is 9.50 Å². The van der Waals surface area contributed by atoms with Gasteiger partial charge in [0.25, 0.3) is 11.5 Å². The van der Waals surface area contributed by atoms with E-state index in [1.807, 2.05) is 17.8 Å². The van der Waals surface area contributed by atoms with Crippen LogP contribution in [0.3, 0.4) is 0 Å². The number of rotatable bonds is 4. The molecule has 3 aromatic rings. The fourth-order valence-electron chi connectivity index (χ4n) is 2.36. The third-order valence-corrected chi connectivity index (χ3v) is 3.35. The van der Waals surface area contributed by atoms with E-state index < -0.39 is 0 Å². The number of hydrogen-bond acceptors (Lipinski definition) is 4. The van der Waals surface area contributed by atoms with Crippen molar-refractivity contribution in [1.82, 2.24) is 29.5 Å². The Morgan fingerprint density at radius 3 is 3.00 bits per heavy atom. The van der Waals surface area contributed by atoms with E-state index in [0.717, 1.165) is 5.65 Å².